The summed E-state index contributed by atoms with van der Waals surface area (Å²) in [5.41, 5.74) is 4.11. The number of ether oxygens (including phenoxy) is 1. The molecule has 0 spiro atoms. The lowest BCUT2D eigenvalue weighted by molar-refractivity contribution is -0.690. The van der Waals surface area contributed by atoms with Crippen LogP contribution in [0.4, 0.5) is 4.79 Å². The molecule has 9 heteroatoms. The lowest BCUT2D eigenvalue weighted by Crippen LogP contribution is -2.35. The van der Waals surface area contributed by atoms with Gasteiger partial charge in [0.25, 0.3) is 0 Å². The number of unbranched alkanes of at least 4 members (excludes halogenated alkanes) is 1. The molecule has 2 N–H and O–H groups in total. The first-order chi connectivity index (χ1) is 13.1. The molecule has 158 valence electrons. The van der Waals surface area contributed by atoms with Gasteiger partial charge in [0, 0.05) is 6.42 Å². The number of amides is 2. The second-order valence-corrected chi connectivity index (χ2v) is 7.34. The molecule has 0 radical (unpaired) electrons. The van der Waals surface area contributed by atoms with Gasteiger partial charge in [-0.3, -0.25) is 4.89 Å². The summed E-state index contributed by atoms with van der Waals surface area (Å²) in [6, 6.07) is 0. The Hall–Kier alpha value is -2.42. The monoisotopic (exact) mass is 399 g/mol. The first-order valence-corrected chi connectivity index (χ1v) is 9.52. The lowest BCUT2D eigenvalue weighted by Gasteiger charge is -2.26. The number of hydrogen-bond donors (Lipinski definition) is 1. The Balaban J connectivity index is 2.59. The van der Waals surface area contributed by atoms with Crippen molar-refractivity contribution in [1.29, 1.82) is 0 Å². The van der Waals surface area contributed by atoms with Crippen molar-refractivity contribution in [1.82, 2.24) is 0 Å². The molecule has 2 amide bonds. The van der Waals surface area contributed by atoms with Crippen molar-refractivity contribution in [3.8, 4) is 0 Å². The summed E-state index contributed by atoms with van der Waals surface area (Å²) in [6.45, 7) is 9.27. The Kier molecular flexibility index (Phi) is 9.11. The van der Waals surface area contributed by atoms with Crippen LogP contribution >= 0.6 is 0 Å². The molecule has 1 aliphatic rings. The minimum atomic E-state index is -1.13. The Bertz CT molecular complexity index is 640. The number of rotatable bonds is 11. The molecule has 1 aliphatic heterocycles. The average molecular weight is 399 g/mol. The SMILES string of the molecule is CCCCC(CC)C(=O)OOC(C)(C)CC(C)OC1=[N+](OC(N)=O)C(=O)C=C1. The summed E-state index contributed by atoms with van der Waals surface area (Å²) in [4.78, 5) is 49.8. The third-order valence-corrected chi connectivity index (χ3v) is 4.13. The van der Waals surface area contributed by atoms with Gasteiger partial charge in [0.1, 0.15) is 16.4 Å². The van der Waals surface area contributed by atoms with Crippen LogP contribution in [0.25, 0.3) is 0 Å². The van der Waals surface area contributed by atoms with Crippen molar-refractivity contribution in [2.75, 3.05) is 0 Å². The maximum absolute atomic E-state index is 12.2. The number of nitrogens with zero attached hydrogens (tertiary/aromatic N) is 1. The van der Waals surface area contributed by atoms with Gasteiger partial charge in [-0.15, -0.1) is 0 Å². The highest BCUT2D eigenvalue weighted by Crippen LogP contribution is 2.22. The van der Waals surface area contributed by atoms with E-state index in [9.17, 15) is 14.4 Å². The van der Waals surface area contributed by atoms with Crippen molar-refractivity contribution >= 4 is 23.9 Å². The van der Waals surface area contributed by atoms with Gasteiger partial charge in [-0.2, -0.15) is 9.73 Å². The van der Waals surface area contributed by atoms with Gasteiger partial charge in [-0.25, -0.2) is 14.4 Å². The highest BCUT2D eigenvalue weighted by molar-refractivity contribution is 6.00. The van der Waals surface area contributed by atoms with E-state index in [1.807, 2.05) is 6.92 Å². The van der Waals surface area contributed by atoms with E-state index in [-0.39, 0.29) is 17.8 Å². The Labute approximate surface area is 165 Å². The Morgan fingerprint density at radius 3 is 2.50 bits per heavy atom. The van der Waals surface area contributed by atoms with Crippen LogP contribution < -0.4 is 5.73 Å². The van der Waals surface area contributed by atoms with Crippen molar-refractivity contribution in [3.63, 3.8) is 0 Å². The zero-order chi connectivity index (χ0) is 21.3. The Morgan fingerprint density at radius 2 is 1.93 bits per heavy atom. The molecule has 2 unspecified atom stereocenters. The molecule has 28 heavy (non-hydrogen) atoms. The summed E-state index contributed by atoms with van der Waals surface area (Å²) >= 11 is 0. The van der Waals surface area contributed by atoms with E-state index in [4.69, 9.17) is 20.2 Å². The number of carbonyl (C=O) groups is 3. The molecule has 2 atom stereocenters. The molecule has 0 aromatic rings. The van der Waals surface area contributed by atoms with Crippen molar-refractivity contribution in [3.05, 3.63) is 12.2 Å². The van der Waals surface area contributed by atoms with E-state index < -0.39 is 23.7 Å². The smallest absolute Gasteiger partial charge is 0.438 e. The summed E-state index contributed by atoms with van der Waals surface area (Å²) in [5, 5.41) is 0. The van der Waals surface area contributed by atoms with Crippen LogP contribution in [-0.2, 0) is 28.9 Å². The van der Waals surface area contributed by atoms with Crippen molar-refractivity contribution in [2.45, 2.75) is 78.4 Å². The van der Waals surface area contributed by atoms with Gasteiger partial charge >= 0.3 is 23.9 Å². The fourth-order valence-electron chi connectivity index (χ4n) is 2.79. The molecule has 0 saturated carbocycles. The van der Waals surface area contributed by atoms with Crippen LogP contribution in [0, 0.1) is 5.92 Å². The zero-order valence-corrected chi connectivity index (χ0v) is 17.2. The molecule has 0 aromatic heterocycles. The van der Waals surface area contributed by atoms with Gasteiger partial charge in [0.05, 0.1) is 18.1 Å². The van der Waals surface area contributed by atoms with Crippen LogP contribution in [-0.4, -0.2) is 40.3 Å². The standard InChI is InChI=1S/C19H30N2O7/c1-6-8-9-14(7-2)17(23)27-28-19(4,5)12-13(3)25-16-11-10-15(22)21(16)26-18(20)24/h10-11,13-14H,6-9,12H2,1-5H3,(H-,20,24)/p+1. The molecule has 9 nitrogen and oxygen atoms in total. The number of hydroxylamine groups is 1. The van der Waals surface area contributed by atoms with Gasteiger partial charge in [0.15, 0.2) is 0 Å². The van der Waals surface area contributed by atoms with Crippen LogP contribution in [0.3, 0.4) is 0 Å². The first kappa shape index (κ1) is 23.6. The second kappa shape index (κ2) is 10.8. The third kappa shape index (κ3) is 7.67. The van der Waals surface area contributed by atoms with Crippen molar-refractivity contribution < 1.29 is 38.5 Å². The summed E-state index contributed by atoms with van der Waals surface area (Å²) in [5.74, 6) is -1.11. The number of primary amides is 1. The van der Waals surface area contributed by atoms with E-state index >= 15 is 0 Å². The van der Waals surface area contributed by atoms with Gasteiger partial charge in [-0.1, -0.05) is 26.7 Å². The van der Waals surface area contributed by atoms with E-state index in [0.29, 0.717) is 17.6 Å². The average Bonchev–Trinajstić information content (AvgIpc) is 2.93. The van der Waals surface area contributed by atoms with E-state index in [1.54, 1.807) is 20.8 Å². The van der Waals surface area contributed by atoms with Gasteiger partial charge in [0.2, 0.25) is 0 Å². The van der Waals surface area contributed by atoms with Gasteiger partial charge < -0.3 is 10.5 Å². The third-order valence-electron chi connectivity index (χ3n) is 4.13. The zero-order valence-electron chi connectivity index (χ0n) is 17.2. The molecule has 0 aliphatic carbocycles. The van der Waals surface area contributed by atoms with Gasteiger partial charge in [-0.05, 0) is 33.6 Å². The minimum Gasteiger partial charge on any atom is -0.438 e. The first-order valence-electron chi connectivity index (χ1n) is 9.52. The largest absolute Gasteiger partial charge is 0.473 e. The van der Waals surface area contributed by atoms with E-state index in [0.717, 1.165) is 19.3 Å². The maximum Gasteiger partial charge on any atom is 0.473 e. The normalized spacial score (nSPS) is 16.1. The Morgan fingerprint density at radius 1 is 1.25 bits per heavy atom. The predicted molar refractivity (Wildman–Crippen MR) is 99.8 cm³/mol. The topological polar surface area (TPSA) is 117 Å². The van der Waals surface area contributed by atoms with E-state index in [1.165, 1.54) is 12.2 Å². The molecule has 0 aromatic carbocycles. The quantitative estimate of drug-likeness (QED) is 0.246. The number of nitrogens with two attached hydrogens (primary N) is 1. The van der Waals surface area contributed by atoms with E-state index in [2.05, 4.69) is 11.8 Å². The highest BCUT2D eigenvalue weighted by atomic mass is 17.2. The molecular weight excluding hydrogens is 368 g/mol. The molecule has 0 fully saturated rings. The molecule has 1 rings (SSSR count). The maximum atomic E-state index is 12.2. The van der Waals surface area contributed by atoms with Crippen molar-refractivity contribution in [2.24, 2.45) is 11.7 Å². The summed E-state index contributed by atoms with van der Waals surface area (Å²) in [7, 11) is 0. The number of hydrogen-bond acceptors (Lipinski definition) is 7. The summed E-state index contributed by atoms with van der Waals surface area (Å²) < 4.78 is 6.31. The fraction of sp³-hybridized carbons (Fsp3) is 0.684. The molecular formula is C19H31N2O7+. The lowest BCUT2D eigenvalue weighted by atomic mass is 10.00. The van der Waals surface area contributed by atoms with Crippen LogP contribution in [0.2, 0.25) is 0 Å². The van der Waals surface area contributed by atoms with Crippen LogP contribution in [0.5, 0.6) is 0 Å². The second-order valence-electron chi connectivity index (χ2n) is 7.34. The molecule has 0 bridgehead atoms. The molecule has 0 saturated heterocycles. The minimum absolute atomic E-state index is 0.0368. The fourth-order valence-corrected chi connectivity index (χ4v) is 2.79. The van der Waals surface area contributed by atoms with Crippen LogP contribution in [0.1, 0.15) is 66.7 Å². The predicted octanol–water partition coefficient (Wildman–Crippen LogP) is 2.77. The summed E-state index contributed by atoms with van der Waals surface area (Å²) in [6.07, 6.45) is 4.75. The van der Waals surface area contributed by atoms with Crippen LogP contribution in [0.15, 0.2) is 12.2 Å². The molecule has 1 heterocycles. The number of carbonyl (C=O) groups excluding carboxylic acids is 3. The highest BCUT2D eigenvalue weighted by Gasteiger charge is 2.36.